The van der Waals surface area contributed by atoms with Crippen LogP contribution in [0.3, 0.4) is 0 Å². The molecule has 0 aliphatic heterocycles. The molecule has 3 nitrogen and oxygen atoms in total. The van der Waals surface area contributed by atoms with Crippen LogP contribution < -0.4 is 0 Å². The Bertz CT molecular complexity index is 674. The summed E-state index contributed by atoms with van der Waals surface area (Å²) in [5.74, 6) is 0.810. The van der Waals surface area contributed by atoms with Gasteiger partial charge in [0.25, 0.3) is 0 Å². The van der Waals surface area contributed by atoms with E-state index >= 15 is 0 Å². The molecule has 0 spiro atoms. The second kappa shape index (κ2) is 7.24. The predicted octanol–water partition coefficient (Wildman–Crippen LogP) is 4.07. The molecule has 0 bridgehead atoms. The minimum atomic E-state index is 0.697. The Morgan fingerprint density at radius 2 is 1.90 bits per heavy atom. The Morgan fingerprint density at radius 1 is 1.14 bits per heavy atom. The number of rotatable bonds is 5. The van der Waals surface area contributed by atoms with Crippen molar-refractivity contribution >= 4 is 11.8 Å². The molecule has 0 saturated heterocycles. The van der Waals surface area contributed by atoms with Crippen molar-refractivity contribution in [3.8, 4) is 6.07 Å². The van der Waals surface area contributed by atoms with Gasteiger partial charge >= 0.3 is 0 Å². The minimum Gasteiger partial charge on any atom is -0.192 e. The maximum Gasteiger partial charge on any atom is 0.137 e. The number of thioether (sulfide) groups is 1. The van der Waals surface area contributed by atoms with Gasteiger partial charge in [0.1, 0.15) is 11.1 Å². The first-order valence-electron chi connectivity index (χ1n) is 7.17. The first kappa shape index (κ1) is 15.5. The van der Waals surface area contributed by atoms with Crippen molar-refractivity contribution in [2.24, 2.45) is 0 Å². The summed E-state index contributed by atoms with van der Waals surface area (Å²) in [6.45, 7) is 6.21. The van der Waals surface area contributed by atoms with Gasteiger partial charge in [0.2, 0.25) is 0 Å². The van der Waals surface area contributed by atoms with Crippen LogP contribution in [0.25, 0.3) is 0 Å². The van der Waals surface area contributed by atoms with Crippen LogP contribution in [0.15, 0.2) is 29.3 Å². The monoisotopic (exact) mass is 297 g/mol. The van der Waals surface area contributed by atoms with E-state index in [1.807, 2.05) is 19.1 Å². The van der Waals surface area contributed by atoms with Crippen LogP contribution in [0.2, 0.25) is 0 Å². The molecule has 1 aromatic carbocycles. The molecule has 0 unspecified atom stereocenters. The standard InChI is InChI=1S/C17H19N3S/c1-4-14-15(10-18)17(20-19-16(14)5-2)21-11-13-9-7-6-8-12(13)3/h6-9H,4-5,11H2,1-3H3. The number of nitriles is 1. The number of benzene rings is 1. The third-order valence-electron chi connectivity index (χ3n) is 3.55. The third-order valence-corrected chi connectivity index (χ3v) is 4.57. The lowest BCUT2D eigenvalue weighted by molar-refractivity contribution is 0.817. The van der Waals surface area contributed by atoms with Crippen LogP contribution in [0, 0.1) is 18.3 Å². The Kier molecular flexibility index (Phi) is 5.35. The summed E-state index contributed by atoms with van der Waals surface area (Å²) >= 11 is 1.59. The topological polar surface area (TPSA) is 49.6 Å². The maximum absolute atomic E-state index is 9.47. The molecule has 21 heavy (non-hydrogen) atoms. The average molecular weight is 297 g/mol. The van der Waals surface area contributed by atoms with Gasteiger partial charge in [-0.15, -0.1) is 5.10 Å². The van der Waals surface area contributed by atoms with Gasteiger partial charge in [-0.2, -0.15) is 10.4 Å². The zero-order valence-corrected chi connectivity index (χ0v) is 13.5. The summed E-state index contributed by atoms with van der Waals surface area (Å²) in [5.41, 5.74) is 5.21. The summed E-state index contributed by atoms with van der Waals surface area (Å²) in [6.07, 6.45) is 1.63. The van der Waals surface area contributed by atoms with E-state index in [-0.39, 0.29) is 0 Å². The fourth-order valence-corrected chi connectivity index (χ4v) is 3.32. The van der Waals surface area contributed by atoms with Gasteiger partial charge in [-0.3, -0.25) is 0 Å². The van der Waals surface area contributed by atoms with Gasteiger partial charge < -0.3 is 0 Å². The van der Waals surface area contributed by atoms with Gasteiger partial charge in [-0.1, -0.05) is 49.9 Å². The molecule has 4 heteroatoms. The van der Waals surface area contributed by atoms with E-state index < -0.39 is 0 Å². The van der Waals surface area contributed by atoms with Gasteiger partial charge in [0.15, 0.2) is 0 Å². The SMILES string of the molecule is CCc1nnc(SCc2ccccc2C)c(C#N)c1CC. The first-order chi connectivity index (χ1) is 10.2. The largest absolute Gasteiger partial charge is 0.192 e. The highest BCUT2D eigenvalue weighted by atomic mass is 32.2. The second-order valence-corrected chi connectivity index (χ2v) is 5.80. The van der Waals surface area contributed by atoms with Crippen LogP contribution >= 0.6 is 11.8 Å². The molecule has 0 atom stereocenters. The van der Waals surface area contributed by atoms with Crippen LogP contribution in [-0.2, 0) is 18.6 Å². The van der Waals surface area contributed by atoms with Crippen molar-refractivity contribution in [1.29, 1.82) is 5.26 Å². The van der Waals surface area contributed by atoms with E-state index in [4.69, 9.17) is 0 Å². The lowest BCUT2D eigenvalue weighted by Gasteiger charge is -2.10. The average Bonchev–Trinajstić information content (AvgIpc) is 2.52. The fraction of sp³-hybridized carbons (Fsp3) is 0.353. The second-order valence-electron chi connectivity index (χ2n) is 4.84. The molecule has 0 amide bonds. The Morgan fingerprint density at radius 3 is 2.52 bits per heavy atom. The van der Waals surface area contributed by atoms with Crippen molar-refractivity contribution in [2.45, 2.75) is 44.4 Å². The molecular weight excluding hydrogens is 278 g/mol. The molecule has 2 aromatic rings. The summed E-state index contributed by atoms with van der Waals surface area (Å²) in [7, 11) is 0. The lowest BCUT2D eigenvalue weighted by Crippen LogP contribution is -2.04. The Hall–Kier alpha value is -1.86. The molecule has 2 rings (SSSR count). The van der Waals surface area contributed by atoms with E-state index in [2.05, 4.69) is 42.2 Å². The van der Waals surface area contributed by atoms with Crippen LogP contribution in [0.5, 0.6) is 0 Å². The molecule has 1 aromatic heterocycles. The summed E-state index contributed by atoms with van der Waals surface area (Å²) in [6, 6.07) is 10.6. The molecule has 0 fully saturated rings. The first-order valence-corrected chi connectivity index (χ1v) is 8.15. The predicted molar refractivity (Wildman–Crippen MR) is 86.2 cm³/mol. The fourth-order valence-electron chi connectivity index (χ4n) is 2.29. The van der Waals surface area contributed by atoms with Crippen molar-refractivity contribution < 1.29 is 0 Å². The van der Waals surface area contributed by atoms with Crippen molar-refractivity contribution in [3.05, 3.63) is 52.2 Å². The highest BCUT2D eigenvalue weighted by Crippen LogP contribution is 2.28. The maximum atomic E-state index is 9.47. The highest BCUT2D eigenvalue weighted by Gasteiger charge is 2.14. The van der Waals surface area contributed by atoms with Gasteiger partial charge in [0, 0.05) is 5.75 Å². The van der Waals surface area contributed by atoms with Crippen LogP contribution in [-0.4, -0.2) is 10.2 Å². The quantitative estimate of drug-likeness (QED) is 0.780. The van der Waals surface area contributed by atoms with E-state index in [9.17, 15) is 5.26 Å². The molecule has 0 saturated carbocycles. The van der Waals surface area contributed by atoms with Crippen LogP contribution in [0.1, 0.15) is 41.8 Å². The zero-order valence-electron chi connectivity index (χ0n) is 12.7. The summed E-state index contributed by atoms with van der Waals surface area (Å²) in [4.78, 5) is 0. The van der Waals surface area contributed by atoms with Crippen molar-refractivity contribution in [3.63, 3.8) is 0 Å². The third kappa shape index (κ3) is 3.43. The summed E-state index contributed by atoms with van der Waals surface area (Å²) in [5, 5.41) is 18.8. The normalized spacial score (nSPS) is 10.4. The molecule has 0 N–H and O–H groups in total. The Balaban J connectivity index is 2.29. The number of hydrogen-bond donors (Lipinski definition) is 0. The molecule has 1 heterocycles. The lowest BCUT2D eigenvalue weighted by atomic mass is 10.1. The van der Waals surface area contributed by atoms with E-state index in [0.717, 1.165) is 34.9 Å². The van der Waals surface area contributed by atoms with Crippen molar-refractivity contribution in [2.75, 3.05) is 0 Å². The smallest absolute Gasteiger partial charge is 0.137 e. The van der Waals surface area contributed by atoms with Gasteiger partial charge in [-0.05, 0) is 36.5 Å². The molecule has 108 valence electrons. The van der Waals surface area contributed by atoms with Gasteiger partial charge in [0.05, 0.1) is 11.3 Å². The zero-order chi connectivity index (χ0) is 15.2. The molecule has 0 aliphatic carbocycles. The number of nitrogens with zero attached hydrogens (tertiary/aromatic N) is 3. The number of aryl methyl sites for hydroxylation is 2. The van der Waals surface area contributed by atoms with E-state index in [1.165, 1.54) is 11.1 Å². The highest BCUT2D eigenvalue weighted by molar-refractivity contribution is 7.98. The van der Waals surface area contributed by atoms with E-state index in [1.54, 1.807) is 11.8 Å². The summed E-state index contributed by atoms with van der Waals surface area (Å²) < 4.78 is 0. The molecule has 0 aliphatic rings. The van der Waals surface area contributed by atoms with Crippen molar-refractivity contribution in [1.82, 2.24) is 10.2 Å². The van der Waals surface area contributed by atoms with Gasteiger partial charge in [-0.25, -0.2) is 0 Å². The molecular formula is C17H19N3S. The van der Waals surface area contributed by atoms with Crippen LogP contribution in [0.4, 0.5) is 0 Å². The van der Waals surface area contributed by atoms with E-state index in [0.29, 0.717) is 5.56 Å². The molecule has 0 radical (unpaired) electrons. The Labute approximate surface area is 130 Å². The number of aromatic nitrogens is 2. The minimum absolute atomic E-state index is 0.697. The number of hydrogen-bond acceptors (Lipinski definition) is 4.